The van der Waals surface area contributed by atoms with E-state index in [0.29, 0.717) is 37.4 Å². The zero-order valence-corrected chi connectivity index (χ0v) is 15.8. The third-order valence-electron chi connectivity index (χ3n) is 4.86. The molecule has 1 N–H and O–H groups in total. The number of halogens is 1. The van der Waals surface area contributed by atoms with Gasteiger partial charge in [-0.2, -0.15) is 0 Å². The van der Waals surface area contributed by atoms with Crippen molar-refractivity contribution in [3.63, 3.8) is 0 Å². The minimum Gasteiger partial charge on any atom is -0.370 e. The van der Waals surface area contributed by atoms with Crippen LogP contribution < -0.4 is 10.2 Å². The Bertz CT molecular complexity index is 742. The Balaban J connectivity index is 1.52. The van der Waals surface area contributed by atoms with E-state index in [1.807, 2.05) is 28.0 Å². The maximum atomic E-state index is 13.9. The summed E-state index contributed by atoms with van der Waals surface area (Å²) < 4.78 is 13.9. The summed E-state index contributed by atoms with van der Waals surface area (Å²) in [4.78, 5) is 20.8. The summed E-state index contributed by atoms with van der Waals surface area (Å²) in [6.45, 7) is 5.46. The lowest BCUT2D eigenvalue weighted by Gasteiger charge is -2.36. The van der Waals surface area contributed by atoms with Crippen molar-refractivity contribution in [3.8, 4) is 0 Å². The van der Waals surface area contributed by atoms with Crippen LogP contribution >= 0.6 is 0 Å². The molecule has 1 fully saturated rings. The molecule has 0 radical (unpaired) electrons. The van der Waals surface area contributed by atoms with Gasteiger partial charge in [0.2, 0.25) is 0 Å². The molecular weight excluding hydrogens is 343 g/mol. The van der Waals surface area contributed by atoms with Crippen LogP contribution in [0, 0.1) is 5.82 Å². The number of rotatable bonds is 7. The summed E-state index contributed by atoms with van der Waals surface area (Å²) in [6.07, 6.45) is 5.13. The van der Waals surface area contributed by atoms with Crippen molar-refractivity contribution >= 4 is 17.4 Å². The van der Waals surface area contributed by atoms with Gasteiger partial charge in [0.25, 0.3) is 5.91 Å². The molecule has 0 spiro atoms. The summed E-state index contributed by atoms with van der Waals surface area (Å²) in [5.74, 6) is 0.559. The molecule has 0 aliphatic carbocycles. The normalized spacial score (nSPS) is 14.3. The van der Waals surface area contributed by atoms with E-state index in [0.717, 1.165) is 18.8 Å². The number of amides is 1. The maximum Gasteiger partial charge on any atom is 0.255 e. The Labute approximate surface area is 160 Å². The highest BCUT2D eigenvalue weighted by molar-refractivity contribution is 5.94. The zero-order chi connectivity index (χ0) is 19.1. The summed E-state index contributed by atoms with van der Waals surface area (Å²) in [6, 6.07) is 10.4. The second-order valence-electron chi connectivity index (χ2n) is 6.80. The van der Waals surface area contributed by atoms with Gasteiger partial charge in [0, 0.05) is 38.9 Å². The van der Waals surface area contributed by atoms with Crippen LogP contribution in [0.15, 0.2) is 42.6 Å². The molecular formula is C21H27FN4O. The Hall–Kier alpha value is -2.63. The lowest BCUT2D eigenvalue weighted by atomic mass is 10.2. The molecule has 0 unspecified atom stereocenters. The van der Waals surface area contributed by atoms with E-state index in [-0.39, 0.29) is 11.7 Å². The summed E-state index contributed by atoms with van der Waals surface area (Å²) >= 11 is 0. The van der Waals surface area contributed by atoms with Gasteiger partial charge in [0.05, 0.1) is 11.3 Å². The van der Waals surface area contributed by atoms with Crippen molar-refractivity contribution in [3.05, 3.63) is 54.0 Å². The van der Waals surface area contributed by atoms with Gasteiger partial charge in [-0.1, -0.05) is 31.9 Å². The van der Waals surface area contributed by atoms with Gasteiger partial charge in [-0.25, -0.2) is 9.37 Å². The number of aromatic nitrogens is 1. The molecule has 0 atom stereocenters. The lowest BCUT2D eigenvalue weighted by Crippen LogP contribution is -2.49. The van der Waals surface area contributed by atoms with E-state index in [2.05, 4.69) is 17.2 Å². The van der Waals surface area contributed by atoms with Crippen molar-refractivity contribution in [1.82, 2.24) is 9.88 Å². The van der Waals surface area contributed by atoms with Crippen LogP contribution in [0.3, 0.4) is 0 Å². The molecule has 1 aliphatic heterocycles. The molecule has 144 valence electrons. The first-order valence-corrected chi connectivity index (χ1v) is 9.67. The smallest absolute Gasteiger partial charge is 0.255 e. The first kappa shape index (κ1) is 19.1. The number of benzene rings is 1. The summed E-state index contributed by atoms with van der Waals surface area (Å²) in [5, 5.41) is 3.28. The van der Waals surface area contributed by atoms with Crippen LogP contribution in [-0.4, -0.2) is 48.5 Å². The molecule has 1 saturated heterocycles. The van der Waals surface area contributed by atoms with Crippen LogP contribution in [0.1, 0.15) is 36.5 Å². The van der Waals surface area contributed by atoms with E-state index in [4.69, 9.17) is 0 Å². The Morgan fingerprint density at radius 1 is 1.11 bits per heavy atom. The van der Waals surface area contributed by atoms with Gasteiger partial charge in [-0.3, -0.25) is 4.79 Å². The SMILES string of the molecule is CCCCCNc1ccc(C(=O)N2CCN(c3ccccc3F)CC2)cn1. The number of nitrogens with zero attached hydrogens (tertiary/aromatic N) is 3. The quantitative estimate of drug-likeness (QED) is 0.754. The summed E-state index contributed by atoms with van der Waals surface area (Å²) in [7, 11) is 0. The number of hydrogen-bond acceptors (Lipinski definition) is 4. The Kier molecular flexibility index (Phi) is 6.63. The highest BCUT2D eigenvalue weighted by Gasteiger charge is 2.23. The van der Waals surface area contributed by atoms with Gasteiger partial charge in [-0.05, 0) is 30.7 Å². The van der Waals surface area contributed by atoms with E-state index in [1.165, 1.54) is 18.9 Å². The van der Waals surface area contributed by atoms with Gasteiger partial charge < -0.3 is 15.1 Å². The maximum absolute atomic E-state index is 13.9. The van der Waals surface area contributed by atoms with Crippen LogP contribution in [0.25, 0.3) is 0 Å². The number of pyridine rings is 1. The second kappa shape index (κ2) is 9.35. The van der Waals surface area contributed by atoms with Gasteiger partial charge in [0.1, 0.15) is 11.6 Å². The predicted molar refractivity (Wildman–Crippen MR) is 107 cm³/mol. The Morgan fingerprint density at radius 3 is 2.56 bits per heavy atom. The molecule has 2 aromatic rings. The van der Waals surface area contributed by atoms with Crippen molar-refractivity contribution < 1.29 is 9.18 Å². The third-order valence-corrected chi connectivity index (χ3v) is 4.86. The molecule has 1 aliphatic rings. The molecule has 27 heavy (non-hydrogen) atoms. The molecule has 1 aromatic heterocycles. The highest BCUT2D eigenvalue weighted by atomic mass is 19.1. The average molecular weight is 370 g/mol. The van der Waals surface area contributed by atoms with Gasteiger partial charge in [-0.15, -0.1) is 0 Å². The fourth-order valence-corrected chi connectivity index (χ4v) is 3.26. The molecule has 2 heterocycles. The van der Waals surface area contributed by atoms with Crippen molar-refractivity contribution in [2.75, 3.05) is 42.9 Å². The average Bonchev–Trinajstić information content (AvgIpc) is 2.72. The standard InChI is InChI=1S/C21H27FN4O/c1-2-3-6-11-23-20-10-9-17(16-24-20)21(27)26-14-12-25(13-15-26)19-8-5-4-7-18(19)22/h4-5,7-10,16H,2-3,6,11-15H2,1H3,(H,23,24). The molecule has 6 heteroatoms. The van der Waals surface area contributed by atoms with Crippen LogP contribution in [-0.2, 0) is 0 Å². The van der Waals surface area contributed by atoms with Crippen molar-refractivity contribution in [2.24, 2.45) is 0 Å². The first-order chi connectivity index (χ1) is 13.2. The number of carbonyl (C=O) groups is 1. The number of unbranched alkanes of at least 4 members (excludes halogenated alkanes) is 2. The number of para-hydroxylation sites is 1. The largest absolute Gasteiger partial charge is 0.370 e. The number of nitrogens with one attached hydrogen (secondary N) is 1. The van der Waals surface area contributed by atoms with Crippen LogP contribution in [0.5, 0.6) is 0 Å². The van der Waals surface area contributed by atoms with Crippen LogP contribution in [0.2, 0.25) is 0 Å². The van der Waals surface area contributed by atoms with Crippen molar-refractivity contribution in [1.29, 1.82) is 0 Å². The third kappa shape index (κ3) is 4.96. The monoisotopic (exact) mass is 370 g/mol. The number of hydrogen-bond donors (Lipinski definition) is 1. The van der Waals surface area contributed by atoms with Gasteiger partial charge >= 0.3 is 0 Å². The fraction of sp³-hybridized carbons (Fsp3) is 0.429. The van der Waals surface area contributed by atoms with Crippen LogP contribution in [0.4, 0.5) is 15.9 Å². The van der Waals surface area contributed by atoms with Crippen molar-refractivity contribution in [2.45, 2.75) is 26.2 Å². The topological polar surface area (TPSA) is 48.5 Å². The van der Waals surface area contributed by atoms with E-state index in [1.54, 1.807) is 18.3 Å². The summed E-state index contributed by atoms with van der Waals surface area (Å²) in [5.41, 5.74) is 1.19. The molecule has 0 bridgehead atoms. The molecule has 1 aromatic carbocycles. The fourth-order valence-electron chi connectivity index (χ4n) is 3.26. The predicted octanol–water partition coefficient (Wildman–Crippen LogP) is 3.79. The minimum atomic E-state index is -0.219. The second-order valence-corrected chi connectivity index (χ2v) is 6.80. The highest BCUT2D eigenvalue weighted by Crippen LogP contribution is 2.20. The minimum absolute atomic E-state index is 0.0202. The van der Waals surface area contributed by atoms with E-state index < -0.39 is 0 Å². The van der Waals surface area contributed by atoms with Gasteiger partial charge in [0.15, 0.2) is 0 Å². The lowest BCUT2D eigenvalue weighted by molar-refractivity contribution is 0.0746. The molecule has 1 amide bonds. The zero-order valence-electron chi connectivity index (χ0n) is 15.8. The van der Waals surface area contributed by atoms with E-state index in [9.17, 15) is 9.18 Å². The molecule has 0 saturated carbocycles. The molecule has 5 nitrogen and oxygen atoms in total. The first-order valence-electron chi connectivity index (χ1n) is 9.67. The number of carbonyl (C=O) groups excluding carboxylic acids is 1. The number of piperazine rings is 1. The molecule has 3 rings (SSSR count). The van der Waals surface area contributed by atoms with E-state index >= 15 is 0 Å². The number of anilines is 2. The Morgan fingerprint density at radius 2 is 1.89 bits per heavy atom.